The van der Waals surface area contributed by atoms with Crippen molar-refractivity contribution >= 4 is 10.9 Å². The van der Waals surface area contributed by atoms with E-state index in [-0.39, 0.29) is 0 Å². The zero-order valence-corrected chi connectivity index (χ0v) is 9.58. The van der Waals surface area contributed by atoms with Crippen LogP contribution in [0.15, 0.2) is 66.4 Å². The van der Waals surface area contributed by atoms with E-state index in [1.165, 1.54) is 16.5 Å². The largest absolute Gasteiger partial charge is 0.260 e. The highest BCUT2D eigenvalue weighted by molar-refractivity contribution is 5.78. The van der Waals surface area contributed by atoms with Crippen LogP contribution in [0.4, 0.5) is 0 Å². The zero-order chi connectivity index (χ0) is 11.5. The van der Waals surface area contributed by atoms with Gasteiger partial charge in [0.25, 0.3) is 0 Å². The van der Waals surface area contributed by atoms with E-state index < -0.39 is 0 Å². The summed E-state index contributed by atoms with van der Waals surface area (Å²) in [5.74, 6) is 0. The molecule has 0 unspecified atom stereocenters. The Morgan fingerprint density at radius 2 is 2.12 bits per heavy atom. The molecule has 17 heavy (non-hydrogen) atoms. The number of benzene rings is 1. The first-order valence-corrected chi connectivity index (χ1v) is 5.86. The third-order valence-corrected chi connectivity index (χ3v) is 2.93. The van der Waals surface area contributed by atoms with Crippen LogP contribution in [-0.4, -0.2) is 9.78 Å². The maximum atomic E-state index is 4.44. The fraction of sp³-hybridized carbons (Fsp3) is 0.133. The van der Waals surface area contributed by atoms with Crippen LogP contribution in [0.25, 0.3) is 10.9 Å². The smallest absolute Gasteiger partial charge is 0.0686 e. The van der Waals surface area contributed by atoms with Crippen LogP contribution in [0, 0.1) is 0 Å². The van der Waals surface area contributed by atoms with Crippen molar-refractivity contribution in [2.45, 2.75) is 13.0 Å². The maximum Gasteiger partial charge on any atom is 0.0686 e. The average Bonchev–Trinajstić information content (AvgIpc) is 2.59. The monoisotopic (exact) mass is 222 g/mol. The quantitative estimate of drug-likeness (QED) is 0.760. The van der Waals surface area contributed by atoms with E-state index in [0.717, 1.165) is 13.0 Å². The van der Waals surface area contributed by atoms with E-state index in [2.05, 4.69) is 53.7 Å². The molecule has 1 aliphatic carbocycles. The van der Waals surface area contributed by atoms with Crippen LogP contribution in [0.2, 0.25) is 0 Å². The zero-order valence-electron chi connectivity index (χ0n) is 9.58. The minimum atomic E-state index is 0.828. The highest BCUT2D eigenvalue weighted by atomic mass is 15.3. The summed E-state index contributed by atoms with van der Waals surface area (Å²) in [6.45, 7) is 0.828. The van der Waals surface area contributed by atoms with Crippen LogP contribution in [0.3, 0.4) is 0 Å². The van der Waals surface area contributed by atoms with Gasteiger partial charge in [0.05, 0.1) is 18.3 Å². The highest BCUT2D eigenvalue weighted by Crippen LogP contribution is 2.15. The lowest BCUT2D eigenvalue weighted by atomic mass is 10.2. The molecule has 2 nitrogen and oxygen atoms in total. The summed E-state index contributed by atoms with van der Waals surface area (Å²) in [6, 6.07) is 8.30. The van der Waals surface area contributed by atoms with Crippen molar-refractivity contribution in [3.8, 4) is 0 Å². The number of nitrogens with zero attached hydrogens (tertiary/aromatic N) is 2. The SMILES string of the molecule is C1=CCC=CC(Cn2ncc3ccccc32)=C1. The molecule has 0 saturated heterocycles. The molecule has 0 amide bonds. The van der Waals surface area contributed by atoms with Gasteiger partial charge >= 0.3 is 0 Å². The van der Waals surface area contributed by atoms with Crippen molar-refractivity contribution in [3.63, 3.8) is 0 Å². The molecule has 1 heterocycles. The first-order chi connectivity index (χ1) is 8.43. The molecule has 84 valence electrons. The number of para-hydroxylation sites is 1. The van der Waals surface area contributed by atoms with Gasteiger partial charge in [0, 0.05) is 5.39 Å². The predicted molar refractivity (Wildman–Crippen MR) is 70.7 cm³/mol. The molecular formula is C15H14N2. The summed E-state index contributed by atoms with van der Waals surface area (Å²) in [5, 5.41) is 5.63. The van der Waals surface area contributed by atoms with Crippen LogP contribution in [0.1, 0.15) is 6.42 Å². The Kier molecular flexibility index (Phi) is 2.62. The molecular weight excluding hydrogens is 208 g/mol. The Labute approximate surface area is 101 Å². The number of hydrogen-bond donors (Lipinski definition) is 0. The number of rotatable bonds is 2. The highest BCUT2D eigenvalue weighted by Gasteiger charge is 2.02. The Bertz CT molecular complexity index is 615. The lowest BCUT2D eigenvalue weighted by Crippen LogP contribution is -2.01. The Morgan fingerprint density at radius 1 is 1.18 bits per heavy atom. The number of allylic oxidation sites excluding steroid dienone is 6. The minimum Gasteiger partial charge on any atom is -0.260 e. The second-order valence-corrected chi connectivity index (χ2v) is 4.17. The van der Waals surface area contributed by atoms with Gasteiger partial charge in [-0.1, -0.05) is 48.6 Å². The molecule has 2 aromatic rings. The van der Waals surface area contributed by atoms with Gasteiger partial charge in [0.1, 0.15) is 0 Å². The molecule has 0 N–H and O–H groups in total. The van der Waals surface area contributed by atoms with E-state index in [0.29, 0.717) is 0 Å². The van der Waals surface area contributed by atoms with Crippen LogP contribution >= 0.6 is 0 Å². The fourth-order valence-electron chi connectivity index (χ4n) is 2.05. The second kappa shape index (κ2) is 4.42. The summed E-state index contributed by atoms with van der Waals surface area (Å²) in [5.41, 5.74) is 2.47. The molecule has 0 aliphatic heterocycles. The lowest BCUT2D eigenvalue weighted by Gasteiger charge is -2.03. The van der Waals surface area contributed by atoms with E-state index in [1.54, 1.807) is 0 Å². The summed E-state index contributed by atoms with van der Waals surface area (Å²) in [4.78, 5) is 0. The number of hydrogen-bond acceptors (Lipinski definition) is 1. The third-order valence-electron chi connectivity index (χ3n) is 2.93. The molecule has 3 rings (SSSR count). The van der Waals surface area contributed by atoms with Gasteiger partial charge in [-0.05, 0) is 18.1 Å². The molecule has 0 saturated carbocycles. The van der Waals surface area contributed by atoms with Crippen LogP contribution < -0.4 is 0 Å². The molecule has 0 radical (unpaired) electrons. The molecule has 1 aliphatic rings. The van der Waals surface area contributed by atoms with E-state index in [1.807, 2.05) is 16.9 Å². The average molecular weight is 222 g/mol. The number of fused-ring (bicyclic) bond motifs is 1. The van der Waals surface area contributed by atoms with Crippen LogP contribution in [-0.2, 0) is 6.54 Å². The van der Waals surface area contributed by atoms with Crippen molar-refractivity contribution in [2.75, 3.05) is 0 Å². The Morgan fingerprint density at radius 3 is 3.12 bits per heavy atom. The van der Waals surface area contributed by atoms with Crippen molar-refractivity contribution < 1.29 is 0 Å². The first kappa shape index (κ1) is 10.1. The van der Waals surface area contributed by atoms with Gasteiger partial charge in [0.2, 0.25) is 0 Å². The van der Waals surface area contributed by atoms with Crippen molar-refractivity contribution in [1.82, 2.24) is 9.78 Å². The topological polar surface area (TPSA) is 17.8 Å². The molecule has 1 aromatic carbocycles. The number of aromatic nitrogens is 2. The molecule has 0 atom stereocenters. The molecule has 0 spiro atoms. The maximum absolute atomic E-state index is 4.44. The molecule has 0 fully saturated rings. The van der Waals surface area contributed by atoms with Crippen molar-refractivity contribution in [1.29, 1.82) is 0 Å². The molecule has 2 heteroatoms. The Balaban J connectivity index is 1.95. The third kappa shape index (κ3) is 2.07. The van der Waals surface area contributed by atoms with E-state index >= 15 is 0 Å². The van der Waals surface area contributed by atoms with E-state index in [9.17, 15) is 0 Å². The summed E-state index contributed by atoms with van der Waals surface area (Å²) in [6.07, 6.45) is 13.7. The molecule has 0 bridgehead atoms. The normalized spacial score (nSPS) is 14.9. The van der Waals surface area contributed by atoms with Gasteiger partial charge in [-0.2, -0.15) is 5.10 Å². The Hall–Kier alpha value is -2.09. The van der Waals surface area contributed by atoms with Crippen molar-refractivity contribution in [2.24, 2.45) is 0 Å². The van der Waals surface area contributed by atoms with E-state index in [4.69, 9.17) is 0 Å². The standard InChI is InChI=1S/C15H14N2/c1-2-4-8-13(7-3-1)12-17-15-10-6-5-9-14(15)11-16-17/h1,3-11H,2,12H2. The molecule has 1 aromatic heterocycles. The second-order valence-electron chi connectivity index (χ2n) is 4.17. The fourth-order valence-corrected chi connectivity index (χ4v) is 2.05. The summed E-state index contributed by atoms with van der Waals surface area (Å²) in [7, 11) is 0. The van der Waals surface area contributed by atoms with Crippen molar-refractivity contribution in [3.05, 3.63) is 66.4 Å². The van der Waals surface area contributed by atoms with Gasteiger partial charge in [-0.25, -0.2) is 0 Å². The minimum absolute atomic E-state index is 0.828. The summed E-state index contributed by atoms with van der Waals surface area (Å²) < 4.78 is 2.05. The van der Waals surface area contributed by atoms with Gasteiger partial charge in [-0.3, -0.25) is 4.68 Å². The summed E-state index contributed by atoms with van der Waals surface area (Å²) >= 11 is 0. The van der Waals surface area contributed by atoms with Crippen LogP contribution in [0.5, 0.6) is 0 Å². The van der Waals surface area contributed by atoms with Gasteiger partial charge in [0.15, 0.2) is 0 Å². The van der Waals surface area contributed by atoms with Gasteiger partial charge < -0.3 is 0 Å². The van der Waals surface area contributed by atoms with Gasteiger partial charge in [-0.15, -0.1) is 0 Å². The predicted octanol–water partition coefficient (Wildman–Crippen LogP) is 3.48. The first-order valence-electron chi connectivity index (χ1n) is 5.86. The lowest BCUT2D eigenvalue weighted by molar-refractivity contribution is 0.711.